The first-order chi connectivity index (χ1) is 29.2. The summed E-state index contributed by atoms with van der Waals surface area (Å²) in [4.78, 5) is 20.6. The maximum Gasteiger partial charge on any atom is 0.259 e. The number of hydrogen-bond acceptors (Lipinski definition) is 5. The maximum absolute atomic E-state index is 16.6. The molecule has 0 bridgehead atoms. The summed E-state index contributed by atoms with van der Waals surface area (Å²) < 4.78 is 16.6. The molecule has 1 saturated heterocycles. The van der Waals surface area contributed by atoms with Gasteiger partial charge in [-0.05, 0) is 141 Å². The predicted molar refractivity (Wildman–Crippen MR) is 246 cm³/mol. The molecule has 8 rings (SSSR count). The molecule has 2 N–H and O–H groups in total. The molecule has 4 aliphatic rings. The lowest BCUT2D eigenvalue weighted by molar-refractivity contribution is 0.0813. The summed E-state index contributed by atoms with van der Waals surface area (Å²) in [6.45, 7) is 17.4. The van der Waals surface area contributed by atoms with Gasteiger partial charge in [0.1, 0.15) is 5.67 Å². The zero-order valence-corrected chi connectivity index (χ0v) is 35.9. The van der Waals surface area contributed by atoms with E-state index in [-0.39, 0.29) is 11.9 Å². The Morgan fingerprint density at radius 3 is 2.28 bits per heavy atom. The molecule has 3 aliphatic heterocycles. The Kier molecular flexibility index (Phi) is 12.8. The summed E-state index contributed by atoms with van der Waals surface area (Å²) in [6, 6.07) is 33.3. The minimum atomic E-state index is -1.15. The Labute approximate surface area is 358 Å². The largest absolute Gasteiger partial charge is 0.390 e. The smallest absolute Gasteiger partial charge is 0.259 e. The van der Waals surface area contributed by atoms with Gasteiger partial charge < -0.3 is 15.5 Å². The number of likely N-dealkylation sites (N-methyl/N-ethyl adjacent to an activating group) is 1. The van der Waals surface area contributed by atoms with Gasteiger partial charge in [0.05, 0.1) is 6.04 Å². The Bertz CT molecular complexity index is 2130. The normalized spacial score (nSPS) is 20.6. The topological polar surface area (TPSA) is 50.9 Å². The molecule has 1 aliphatic carbocycles. The third kappa shape index (κ3) is 8.62. The van der Waals surface area contributed by atoms with Gasteiger partial charge in [-0.25, -0.2) is 4.39 Å². The van der Waals surface area contributed by atoms with Crippen LogP contribution in [0.5, 0.6) is 0 Å². The van der Waals surface area contributed by atoms with E-state index in [1.165, 1.54) is 39.1 Å². The number of nitrogens with zero attached hydrogens (tertiary/aromatic N) is 3. The van der Waals surface area contributed by atoms with Crippen molar-refractivity contribution in [2.75, 3.05) is 45.2 Å². The van der Waals surface area contributed by atoms with E-state index < -0.39 is 5.67 Å². The number of piperidine rings is 1. The standard InChI is InChI=1S/C53H64FN5O/c1-6-7-17-50(37(2)56-5)59-38(3)48-32-43-35-57(36-44(43)33-49(48)52(59)60)34-39(25-29-55-4)24-26-53(54)27-30-58(31-28-53)45-21-18-42(19-22-45)51-46-16-12-11-15-41(46)20-23-47(51)40-13-9-8-10-14-40/h6,8-16,18-19,21-22,32-33,39,47,50-51,55-56H,1-3,7,17,20,23-31,34-36H2,4-5H3. The van der Waals surface area contributed by atoms with Gasteiger partial charge in [0, 0.05) is 73.9 Å². The molecule has 7 heteroatoms. The fourth-order valence-electron chi connectivity index (χ4n) is 10.7. The van der Waals surface area contributed by atoms with Crippen LogP contribution in [-0.2, 0) is 19.5 Å². The SMILES string of the molecule is C=CCCC(C(=C)NC)N1C(=C)c2cc3c(cc2C1=O)CN(CC(CCNC)CCC1(F)CCN(c2ccc(C4c5ccccc5CCC4c4ccccc4)cc2)CC1)C3. The van der Waals surface area contributed by atoms with Crippen molar-refractivity contribution in [2.45, 2.75) is 94.4 Å². The van der Waals surface area contributed by atoms with Crippen LogP contribution >= 0.6 is 0 Å². The van der Waals surface area contributed by atoms with Crippen LogP contribution in [0.15, 0.2) is 123 Å². The fourth-order valence-corrected chi connectivity index (χ4v) is 10.7. The van der Waals surface area contributed by atoms with Crippen molar-refractivity contribution in [3.63, 3.8) is 0 Å². The average molecular weight is 806 g/mol. The number of allylic oxidation sites excluding steroid dienone is 1. The van der Waals surface area contributed by atoms with Crippen molar-refractivity contribution in [1.82, 2.24) is 20.4 Å². The van der Waals surface area contributed by atoms with Crippen LogP contribution in [0.3, 0.4) is 0 Å². The Hall–Kier alpha value is -4.98. The van der Waals surface area contributed by atoms with E-state index in [1.807, 2.05) is 25.1 Å². The van der Waals surface area contributed by atoms with Gasteiger partial charge in [0.25, 0.3) is 5.91 Å². The van der Waals surface area contributed by atoms with Crippen LogP contribution in [-0.4, -0.2) is 67.7 Å². The molecule has 0 aromatic heterocycles. The van der Waals surface area contributed by atoms with Crippen LogP contribution in [0.2, 0.25) is 0 Å². The second kappa shape index (κ2) is 18.3. The van der Waals surface area contributed by atoms with Gasteiger partial charge in [0.2, 0.25) is 0 Å². The molecule has 1 fully saturated rings. The molecule has 4 unspecified atom stereocenters. The third-order valence-corrected chi connectivity index (χ3v) is 14.2. The Balaban J connectivity index is 0.874. The summed E-state index contributed by atoms with van der Waals surface area (Å²) in [5.74, 6) is 1.14. The minimum Gasteiger partial charge on any atom is -0.390 e. The zero-order valence-electron chi connectivity index (χ0n) is 35.9. The lowest BCUT2D eigenvalue weighted by Gasteiger charge is -2.39. The first kappa shape index (κ1) is 41.7. The minimum absolute atomic E-state index is 0.00695. The van der Waals surface area contributed by atoms with Crippen LogP contribution in [0.4, 0.5) is 10.1 Å². The van der Waals surface area contributed by atoms with Crippen LogP contribution in [0.25, 0.3) is 5.70 Å². The number of carbonyl (C=O) groups is 1. The van der Waals surface area contributed by atoms with Crippen molar-refractivity contribution in [1.29, 1.82) is 0 Å². The van der Waals surface area contributed by atoms with Crippen molar-refractivity contribution < 1.29 is 9.18 Å². The third-order valence-electron chi connectivity index (χ3n) is 14.2. The van der Waals surface area contributed by atoms with E-state index in [1.54, 1.807) is 0 Å². The lowest BCUT2D eigenvalue weighted by atomic mass is 9.69. The first-order valence-corrected chi connectivity index (χ1v) is 22.4. The maximum atomic E-state index is 16.6. The molecule has 4 aromatic rings. The van der Waals surface area contributed by atoms with E-state index in [0.717, 1.165) is 100 Å². The van der Waals surface area contributed by atoms with E-state index in [4.69, 9.17) is 0 Å². The summed E-state index contributed by atoms with van der Waals surface area (Å²) in [6.07, 6.45) is 9.25. The molecule has 1 amide bonds. The number of alkyl halides is 1. The highest BCUT2D eigenvalue weighted by molar-refractivity contribution is 6.09. The molecule has 6 nitrogen and oxygen atoms in total. The van der Waals surface area contributed by atoms with Crippen molar-refractivity contribution in [3.8, 4) is 0 Å². The zero-order chi connectivity index (χ0) is 41.8. The van der Waals surface area contributed by atoms with E-state index in [0.29, 0.717) is 37.0 Å². The van der Waals surface area contributed by atoms with E-state index >= 15 is 4.39 Å². The number of halogens is 1. The first-order valence-electron chi connectivity index (χ1n) is 22.4. The van der Waals surface area contributed by atoms with Gasteiger partial charge in [-0.2, -0.15) is 0 Å². The number of anilines is 1. The number of carbonyl (C=O) groups excluding carboxylic acids is 1. The Morgan fingerprint density at radius 1 is 0.883 bits per heavy atom. The molecule has 0 saturated carbocycles. The second-order valence-electron chi connectivity index (χ2n) is 17.9. The monoisotopic (exact) mass is 806 g/mol. The van der Waals surface area contributed by atoms with Gasteiger partial charge in [0.15, 0.2) is 0 Å². The number of fused-ring (bicyclic) bond motifs is 3. The molecule has 0 spiro atoms. The number of nitrogens with one attached hydrogen (secondary N) is 2. The molecule has 4 aromatic carbocycles. The summed E-state index contributed by atoms with van der Waals surface area (Å²) in [5.41, 5.74) is 11.4. The molecule has 0 radical (unpaired) electrons. The molecule has 314 valence electrons. The molecule has 3 heterocycles. The average Bonchev–Trinajstić information content (AvgIpc) is 3.79. The van der Waals surface area contributed by atoms with E-state index in [9.17, 15) is 4.79 Å². The van der Waals surface area contributed by atoms with Gasteiger partial charge in [-0.15, -0.1) is 6.58 Å². The van der Waals surface area contributed by atoms with Crippen LogP contribution in [0, 0.1) is 5.92 Å². The van der Waals surface area contributed by atoms with Crippen molar-refractivity contribution in [3.05, 3.63) is 167 Å². The van der Waals surface area contributed by atoms with Gasteiger partial charge >= 0.3 is 0 Å². The van der Waals surface area contributed by atoms with Crippen LogP contribution in [0.1, 0.15) is 113 Å². The number of amides is 1. The number of rotatable bonds is 17. The molecular weight excluding hydrogens is 742 g/mol. The highest BCUT2D eigenvalue weighted by Gasteiger charge is 2.40. The molecule has 60 heavy (non-hydrogen) atoms. The van der Waals surface area contributed by atoms with Gasteiger partial charge in [-0.1, -0.05) is 86.0 Å². The van der Waals surface area contributed by atoms with Gasteiger partial charge in [-0.3, -0.25) is 14.6 Å². The van der Waals surface area contributed by atoms with Crippen LogP contribution < -0.4 is 15.5 Å². The van der Waals surface area contributed by atoms with E-state index in [2.05, 4.69) is 131 Å². The lowest BCUT2D eigenvalue weighted by Crippen LogP contribution is -2.42. The summed E-state index contributed by atoms with van der Waals surface area (Å²) in [7, 11) is 3.85. The highest BCUT2D eigenvalue weighted by Crippen LogP contribution is 2.47. The molecule has 4 atom stereocenters. The quantitative estimate of drug-likeness (QED) is 0.104. The highest BCUT2D eigenvalue weighted by atomic mass is 19.1. The predicted octanol–water partition coefficient (Wildman–Crippen LogP) is 10.4. The summed E-state index contributed by atoms with van der Waals surface area (Å²) >= 11 is 0. The second-order valence-corrected chi connectivity index (χ2v) is 17.9. The molecular formula is C53H64FN5O. The van der Waals surface area contributed by atoms with Crippen molar-refractivity contribution >= 4 is 17.3 Å². The number of hydrogen-bond donors (Lipinski definition) is 2. The fraction of sp³-hybridized carbons (Fsp3) is 0.415. The number of benzene rings is 4. The number of aryl methyl sites for hydroxylation is 1. The summed E-state index contributed by atoms with van der Waals surface area (Å²) in [5, 5.41) is 6.51. The van der Waals surface area contributed by atoms with Crippen molar-refractivity contribution in [2.24, 2.45) is 5.92 Å². The Morgan fingerprint density at radius 2 is 1.58 bits per heavy atom.